The molecule has 12 heavy (non-hydrogen) atoms. The number of nitrogens with zero attached hydrogens (tertiary/aromatic N) is 2. The van der Waals surface area contributed by atoms with Crippen LogP contribution in [0.5, 0.6) is 0 Å². The molecule has 2 N–H and O–H groups in total. The van der Waals surface area contributed by atoms with Crippen LogP contribution in [0.4, 0.5) is 5.13 Å². The highest BCUT2D eigenvalue weighted by molar-refractivity contribution is 7.16. The molecule has 0 atom stereocenters. The molecule has 1 aromatic heterocycles. The quantitative estimate of drug-likeness (QED) is 0.754. The Kier molecular flexibility index (Phi) is 2.83. The Balaban J connectivity index is 2.76. The van der Waals surface area contributed by atoms with Gasteiger partial charge in [0.2, 0.25) is 0 Å². The predicted molar refractivity (Wildman–Crippen MR) is 50.5 cm³/mol. The van der Waals surface area contributed by atoms with Crippen molar-refractivity contribution in [2.45, 2.75) is 13.3 Å². The Morgan fingerprint density at radius 1 is 1.75 bits per heavy atom. The van der Waals surface area contributed by atoms with Crippen LogP contribution in [0.25, 0.3) is 6.08 Å². The smallest absolute Gasteiger partial charge is 0.180 e. The highest BCUT2D eigenvalue weighted by Gasteiger charge is 1.99. The van der Waals surface area contributed by atoms with E-state index in [1.54, 1.807) is 6.08 Å². The molecule has 0 bridgehead atoms. The monoisotopic (exact) mass is 179 g/mol. The molecule has 0 fully saturated rings. The summed E-state index contributed by atoms with van der Waals surface area (Å²) in [6.45, 7) is 1.90. The van der Waals surface area contributed by atoms with Crippen LogP contribution >= 0.6 is 11.3 Å². The number of anilines is 1. The van der Waals surface area contributed by atoms with Gasteiger partial charge in [0.05, 0.1) is 23.1 Å². The third kappa shape index (κ3) is 2.07. The average Bonchev–Trinajstić information content (AvgIpc) is 2.31. The molecule has 0 aliphatic rings. The molecule has 0 aliphatic heterocycles. The maximum atomic E-state index is 8.28. The van der Waals surface area contributed by atoms with Crippen molar-refractivity contribution < 1.29 is 0 Å². The number of aryl methyl sites for hydroxylation is 1. The minimum absolute atomic E-state index is 0.428. The maximum absolute atomic E-state index is 8.28. The summed E-state index contributed by atoms with van der Waals surface area (Å²) >= 11 is 1.44. The molecule has 0 radical (unpaired) electrons. The van der Waals surface area contributed by atoms with Crippen LogP contribution in [0.2, 0.25) is 0 Å². The minimum atomic E-state index is 0.428. The van der Waals surface area contributed by atoms with Crippen LogP contribution < -0.4 is 5.73 Å². The van der Waals surface area contributed by atoms with Crippen LogP contribution in [-0.4, -0.2) is 4.98 Å². The highest BCUT2D eigenvalue weighted by atomic mass is 32.1. The SMILES string of the molecule is Cc1nc(N)sc1C=CCC#N. The zero-order valence-corrected chi connectivity index (χ0v) is 7.56. The second kappa shape index (κ2) is 3.88. The van der Waals surface area contributed by atoms with Gasteiger partial charge in [0.25, 0.3) is 0 Å². The molecule has 0 amide bonds. The number of aromatic nitrogens is 1. The molecule has 0 aromatic carbocycles. The van der Waals surface area contributed by atoms with E-state index in [0.717, 1.165) is 10.6 Å². The molecule has 0 unspecified atom stereocenters. The van der Waals surface area contributed by atoms with E-state index < -0.39 is 0 Å². The second-order valence-corrected chi connectivity index (χ2v) is 3.33. The van der Waals surface area contributed by atoms with Gasteiger partial charge in [-0.2, -0.15) is 5.26 Å². The molecule has 3 nitrogen and oxygen atoms in total. The molecule has 4 heteroatoms. The van der Waals surface area contributed by atoms with Crippen molar-refractivity contribution in [3.8, 4) is 6.07 Å². The van der Waals surface area contributed by atoms with E-state index in [2.05, 4.69) is 4.98 Å². The number of hydrogen-bond donors (Lipinski definition) is 1. The fraction of sp³-hybridized carbons (Fsp3) is 0.250. The molecule has 1 rings (SSSR count). The van der Waals surface area contributed by atoms with Crippen molar-refractivity contribution in [1.29, 1.82) is 5.26 Å². The van der Waals surface area contributed by atoms with Gasteiger partial charge in [-0.15, -0.1) is 0 Å². The first-order valence-corrected chi connectivity index (χ1v) is 4.32. The predicted octanol–water partition coefficient (Wildman–Crippen LogP) is 1.96. The molecule has 62 valence electrons. The number of nitrogens with two attached hydrogens (primary N) is 1. The molecular weight excluding hydrogens is 170 g/mol. The number of thiazole rings is 1. The number of rotatable bonds is 2. The summed E-state index contributed by atoms with van der Waals surface area (Å²) in [6, 6.07) is 2.03. The third-order valence-corrected chi connectivity index (χ3v) is 2.28. The highest BCUT2D eigenvalue weighted by Crippen LogP contribution is 2.20. The van der Waals surface area contributed by atoms with E-state index in [-0.39, 0.29) is 0 Å². The summed E-state index contributed by atoms with van der Waals surface area (Å²) in [5.74, 6) is 0. The normalized spacial score (nSPS) is 10.3. The van der Waals surface area contributed by atoms with Gasteiger partial charge in [-0.05, 0) is 13.0 Å². The standard InChI is InChI=1S/C8H9N3S/c1-6-7(4-2-3-5-9)12-8(10)11-6/h2,4H,3H2,1H3,(H2,10,11). The van der Waals surface area contributed by atoms with Crippen molar-refractivity contribution in [3.63, 3.8) is 0 Å². The Labute approximate surface area is 75.2 Å². The summed E-state index contributed by atoms with van der Waals surface area (Å²) in [5, 5.41) is 8.85. The van der Waals surface area contributed by atoms with Gasteiger partial charge in [-0.1, -0.05) is 17.4 Å². The summed E-state index contributed by atoms with van der Waals surface area (Å²) in [7, 11) is 0. The molecule has 0 aliphatic carbocycles. The summed E-state index contributed by atoms with van der Waals surface area (Å²) in [5.41, 5.74) is 6.42. The van der Waals surface area contributed by atoms with Gasteiger partial charge < -0.3 is 5.73 Å². The van der Waals surface area contributed by atoms with Crippen molar-refractivity contribution >= 4 is 22.5 Å². The Hall–Kier alpha value is -1.34. The maximum Gasteiger partial charge on any atom is 0.180 e. The Bertz CT molecular complexity index is 333. The van der Waals surface area contributed by atoms with Crippen molar-refractivity contribution in [2.24, 2.45) is 0 Å². The summed E-state index contributed by atoms with van der Waals surface area (Å²) in [6.07, 6.45) is 4.11. The third-order valence-electron chi connectivity index (χ3n) is 1.33. The van der Waals surface area contributed by atoms with E-state index in [0.29, 0.717) is 11.6 Å². The van der Waals surface area contributed by atoms with Gasteiger partial charge >= 0.3 is 0 Å². The molecule has 1 aromatic rings. The Morgan fingerprint density at radius 3 is 3.00 bits per heavy atom. The first-order chi connectivity index (χ1) is 5.74. The van der Waals surface area contributed by atoms with E-state index in [1.807, 2.05) is 19.1 Å². The van der Waals surface area contributed by atoms with Crippen LogP contribution in [0, 0.1) is 18.3 Å². The zero-order chi connectivity index (χ0) is 8.97. The van der Waals surface area contributed by atoms with Crippen LogP contribution in [0.1, 0.15) is 17.0 Å². The number of allylic oxidation sites excluding steroid dienone is 1. The first kappa shape index (κ1) is 8.75. The molecule has 0 spiro atoms. The lowest BCUT2D eigenvalue weighted by Crippen LogP contribution is -1.80. The second-order valence-electron chi connectivity index (χ2n) is 2.27. The largest absolute Gasteiger partial charge is 0.375 e. The molecular formula is C8H9N3S. The van der Waals surface area contributed by atoms with Crippen LogP contribution in [0.3, 0.4) is 0 Å². The number of hydrogen-bond acceptors (Lipinski definition) is 4. The topological polar surface area (TPSA) is 62.7 Å². The molecule has 0 saturated carbocycles. The Morgan fingerprint density at radius 2 is 2.50 bits per heavy atom. The number of nitrogen functional groups attached to an aromatic ring is 1. The average molecular weight is 179 g/mol. The fourth-order valence-corrected chi connectivity index (χ4v) is 1.57. The first-order valence-electron chi connectivity index (χ1n) is 3.50. The summed E-state index contributed by atoms with van der Waals surface area (Å²) in [4.78, 5) is 5.08. The lowest BCUT2D eigenvalue weighted by Gasteiger charge is -1.83. The van der Waals surface area contributed by atoms with Gasteiger partial charge in [-0.3, -0.25) is 0 Å². The number of nitriles is 1. The van der Waals surface area contributed by atoms with Crippen molar-refractivity contribution in [3.05, 3.63) is 16.6 Å². The zero-order valence-electron chi connectivity index (χ0n) is 6.74. The van der Waals surface area contributed by atoms with Crippen molar-refractivity contribution in [1.82, 2.24) is 4.98 Å². The fourth-order valence-electron chi connectivity index (χ4n) is 0.803. The minimum Gasteiger partial charge on any atom is -0.375 e. The molecule has 0 saturated heterocycles. The van der Waals surface area contributed by atoms with Crippen LogP contribution in [0.15, 0.2) is 6.08 Å². The molecule has 1 heterocycles. The van der Waals surface area contributed by atoms with Gasteiger partial charge in [-0.25, -0.2) is 4.98 Å². The van der Waals surface area contributed by atoms with E-state index >= 15 is 0 Å². The van der Waals surface area contributed by atoms with Gasteiger partial charge in [0, 0.05) is 0 Å². The van der Waals surface area contributed by atoms with E-state index in [9.17, 15) is 0 Å². The van der Waals surface area contributed by atoms with Gasteiger partial charge in [0.1, 0.15) is 0 Å². The van der Waals surface area contributed by atoms with E-state index in [1.165, 1.54) is 11.3 Å². The van der Waals surface area contributed by atoms with Crippen LogP contribution in [-0.2, 0) is 0 Å². The van der Waals surface area contributed by atoms with E-state index in [4.69, 9.17) is 11.0 Å². The lowest BCUT2D eigenvalue weighted by molar-refractivity contribution is 1.26. The lowest BCUT2D eigenvalue weighted by atomic mass is 10.3. The summed E-state index contributed by atoms with van der Waals surface area (Å²) < 4.78 is 0. The van der Waals surface area contributed by atoms with Gasteiger partial charge in [0.15, 0.2) is 5.13 Å². The van der Waals surface area contributed by atoms with Crippen molar-refractivity contribution in [2.75, 3.05) is 5.73 Å².